The molecule has 0 N–H and O–H groups in total. The molecule has 2 aliphatic rings. The van der Waals surface area contributed by atoms with Crippen LogP contribution in [0.1, 0.15) is 49.8 Å². The monoisotopic (exact) mass is 418 g/mol. The quantitative estimate of drug-likeness (QED) is 0.651. The fraction of sp³-hybridized carbons (Fsp3) is 0.385. The minimum atomic E-state index is -0.284. The third kappa shape index (κ3) is 3.97. The number of anilines is 1. The number of ether oxygens (including phenoxy) is 1. The van der Waals surface area contributed by atoms with Crippen LogP contribution in [0.5, 0.6) is 5.75 Å². The zero-order valence-electron chi connectivity index (χ0n) is 18.8. The number of carbonyl (C=O) groups is 2. The van der Waals surface area contributed by atoms with Crippen molar-refractivity contribution in [2.24, 2.45) is 0 Å². The maximum Gasteiger partial charge on any atom is 0.282 e. The van der Waals surface area contributed by atoms with Gasteiger partial charge in [0.05, 0.1) is 17.4 Å². The number of carbonyl (C=O) groups excluding carboxylic acids is 2. The number of likely N-dealkylation sites (tertiary alicyclic amines) is 1. The maximum atomic E-state index is 13.8. The summed E-state index contributed by atoms with van der Waals surface area (Å²) in [6, 6.07) is 13.3. The molecule has 0 atom stereocenters. The maximum absolute atomic E-state index is 13.8. The number of para-hydroxylation sites is 2. The summed E-state index contributed by atoms with van der Waals surface area (Å²) in [7, 11) is 0. The first-order chi connectivity index (χ1) is 14.9. The van der Waals surface area contributed by atoms with Gasteiger partial charge in [-0.05, 0) is 75.8 Å². The normalized spacial score (nSPS) is 17.2. The first-order valence-electron chi connectivity index (χ1n) is 11.1. The Hall–Kier alpha value is -3.08. The SMILES string of the molecule is Cc1ccc(C2=C(N3CCCCC3)C(=O)N(c3ccccc3OC(C)C)C2=O)cc1C. The summed E-state index contributed by atoms with van der Waals surface area (Å²) in [4.78, 5) is 30.9. The van der Waals surface area contributed by atoms with E-state index in [1.165, 1.54) is 4.90 Å². The van der Waals surface area contributed by atoms with Crippen molar-refractivity contribution in [3.8, 4) is 5.75 Å². The second kappa shape index (κ2) is 8.58. The molecule has 31 heavy (non-hydrogen) atoms. The Labute approximate surface area is 184 Å². The number of aryl methyl sites for hydroxylation is 2. The van der Waals surface area contributed by atoms with Gasteiger partial charge in [-0.25, -0.2) is 4.90 Å². The molecule has 0 saturated carbocycles. The summed E-state index contributed by atoms with van der Waals surface area (Å²) in [5.74, 6) is -0.00732. The van der Waals surface area contributed by atoms with Crippen molar-refractivity contribution >= 4 is 23.1 Å². The van der Waals surface area contributed by atoms with Crippen LogP contribution in [-0.2, 0) is 9.59 Å². The summed E-state index contributed by atoms with van der Waals surface area (Å²) in [5, 5.41) is 0. The second-order valence-corrected chi connectivity index (χ2v) is 8.65. The molecule has 2 aromatic carbocycles. The fourth-order valence-electron chi connectivity index (χ4n) is 4.30. The summed E-state index contributed by atoms with van der Waals surface area (Å²) < 4.78 is 5.93. The Morgan fingerprint density at radius 3 is 2.26 bits per heavy atom. The molecule has 2 amide bonds. The van der Waals surface area contributed by atoms with E-state index in [-0.39, 0.29) is 17.9 Å². The van der Waals surface area contributed by atoms with Gasteiger partial charge in [-0.3, -0.25) is 9.59 Å². The Bertz CT molecular complexity index is 1050. The number of hydrogen-bond acceptors (Lipinski definition) is 4. The van der Waals surface area contributed by atoms with Crippen LogP contribution in [0.4, 0.5) is 5.69 Å². The minimum absolute atomic E-state index is 0.0669. The molecule has 0 unspecified atom stereocenters. The zero-order valence-corrected chi connectivity index (χ0v) is 18.8. The predicted octanol–water partition coefficient (Wildman–Crippen LogP) is 4.86. The first-order valence-corrected chi connectivity index (χ1v) is 11.1. The largest absolute Gasteiger partial charge is 0.489 e. The topological polar surface area (TPSA) is 49.9 Å². The Morgan fingerprint density at radius 2 is 1.58 bits per heavy atom. The van der Waals surface area contributed by atoms with Gasteiger partial charge in [-0.15, -0.1) is 0 Å². The predicted molar refractivity (Wildman–Crippen MR) is 123 cm³/mol. The summed E-state index contributed by atoms with van der Waals surface area (Å²) >= 11 is 0. The molecule has 1 fully saturated rings. The van der Waals surface area contributed by atoms with Crippen LogP contribution in [0.15, 0.2) is 48.2 Å². The van der Waals surface area contributed by atoms with E-state index in [0.717, 1.165) is 49.0 Å². The van der Waals surface area contributed by atoms with Crippen LogP contribution in [0.25, 0.3) is 5.57 Å². The molecule has 0 aliphatic carbocycles. The number of imide groups is 1. The molecule has 0 aromatic heterocycles. The molecule has 2 aromatic rings. The zero-order chi connectivity index (χ0) is 22.1. The number of hydrogen-bond donors (Lipinski definition) is 0. The van der Waals surface area contributed by atoms with Crippen molar-refractivity contribution in [3.05, 3.63) is 64.9 Å². The van der Waals surface area contributed by atoms with Gasteiger partial charge in [0.2, 0.25) is 0 Å². The Balaban J connectivity index is 1.84. The Kier molecular flexibility index (Phi) is 5.86. The molecule has 2 aliphatic heterocycles. The lowest BCUT2D eigenvalue weighted by atomic mass is 9.98. The number of amides is 2. The lowest BCUT2D eigenvalue weighted by molar-refractivity contribution is -0.120. The Morgan fingerprint density at radius 1 is 0.871 bits per heavy atom. The first kappa shape index (κ1) is 21.2. The lowest BCUT2D eigenvalue weighted by Gasteiger charge is -2.30. The molecule has 2 heterocycles. The molecule has 5 nitrogen and oxygen atoms in total. The molecule has 4 rings (SSSR count). The average molecular weight is 419 g/mol. The number of piperidine rings is 1. The number of nitrogens with zero attached hydrogens (tertiary/aromatic N) is 2. The van der Waals surface area contributed by atoms with E-state index >= 15 is 0 Å². The molecule has 0 bridgehead atoms. The van der Waals surface area contributed by atoms with Crippen LogP contribution >= 0.6 is 0 Å². The molecule has 0 radical (unpaired) electrons. The van der Waals surface area contributed by atoms with Crippen molar-refractivity contribution in [1.29, 1.82) is 0 Å². The van der Waals surface area contributed by atoms with Gasteiger partial charge >= 0.3 is 0 Å². The van der Waals surface area contributed by atoms with Crippen LogP contribution in [0, 0.1) is 13.8 Å². The van der Waals surface area contributed by atoms with Crippen LogP contribution < -0.4 is 9.64 Å². The van der Waals surface area contributed by atoms with Crippen molar-refractivity contribution in [1.82, 2.24) is 4.90 Å². The molecule has 1 saturated heterocycles. The highest BCUT2D eigenvalue weighted by Gasteiger charge is 2.43. The third-order valence-electron chi connectivity index (χ3n) is 6.00. The molecule has 5 heteroatoms. The summed E-state index contributed by atoms with van der Waals surface area (Å²) in [5.41, 5.74) is 4.58. The van der Waals surface area contributed by atoms with Gasteiger partial charge in [0.25, 0.3) is 11.8 Å². The number of rotatable bonds is 5. The van der Waals surface area contributed by atoms with Gasteiger partial charge in [-0.2, -0.15) is 0 Å². The fourth-order valence-corrected chi connectivity index (χ4v) is 4.30. The number of benzene rings is 2. The second-order valence-electron chi connectivity index (χ2n) is 8.65. The summed E-state index contributed by atoms with van der Waals surface area (Å²) in [6.07, 6.45) is 3.14. The summed E-state index contributed by atoms with van der Waals surface area (Å²) in [6.45, 7) is 9.53. The van der Waals surface area contributed by atoms with Crippen molar-refractivity contribution in [3.63, 3.8) is 0 Å². The van der Waals surface area contributed by atoms with E-state index in [0.29, 0.717) is 22.7 Å². The van der Waals surface area contributed by atoms with E-state index in [4.69, 9.17) is 4.74 Å². The van der Waals surface area contributed by atoms with Gasteiger partial charge in [-0.1, -0.05) is 30.3 Å². The molecular formula is C26H30N2O3. The van der Waals surface area contributed by atoms with E-state index in [2.05, 4.69) is 4.90 Å². The third-order valence-corrected chi connectivity index (χ3v) is 6.00. The highest BCUT2D eigenvalue weighted by atomic mass is 16.5. The van der Waals surface area contributed by atoms with Crippen LogP contribution in [-0.4, -0.2) is 35.9 Å². The van der Waals surface area contributed by atoms with E-state index in [1.54, 1.807) is 6.07 Å². The van der Waals surface area contributed by atoms with E-state index in [9.17, 15) is 9.59 Å². The van der Waals surface area contributed by atoms with Gasteiger partial charge in [0.1, 0.15) is 11.4 Å². The van der Waals surface area contributed by atoms with Gasteiger partial charge in [0, 0.05) is 13.1 Å². The van der Waals surface area contributed by atoms with Gasteiger partial charge in [0.15, 0.2) is 0 Å². The lowest BCUT2D eigenvalue weighted by Crippen LogP contribution is -2.37. The molecule has 0 spiro atoms. The van der Waals surface area contributed by atoms with E-state index < -0.39 is 0 Å². The van der Waals surface area contributed by atoms with Crippen molar-refractivity contribution in [2.45, 2.75) is 53.1 Å². The van der Waals surface area contributed by atoms with Crippen molar-refractivity contribution in [2.75, 3.05) is 18.0 Å². The minimum Gasteiger partial charge on any atom is -0.489 e. The van der Waals surface area contributed by atoms with Crippen LogP contribution in [0.3, 0.4) is 0 Å². The van der Waals surface area contributed by atoms with Crippen LogP contribution in [0.2, 0.25) is 0 Å². The van der Waals surface area contributed by atoms with Gasteiger partial charge < -0.3 is 9.64 Å². The molecule has 162 valence electrons. The smallest absolute Gasteiger partial charge is 0.282 e. The average Bonchev–Trinajstić information content (AvgIpc) is 3.01. The standard InChI is InChI=1S/C26H30N2O3/c1-17(2)31-22-11-7-6-10-21(22)28-25(29)23(20-13-12-18(3)19(4)16-20)24(26(28)30)27-14-8-5-9-15-27/h6-7,10-13,16-17H,5,8-9,14-15H2,1-4H3. The van der Waals surface area contributed by atoms with Crippen molar-refractivity contribution < 1.29 is 14.3 Å². The highest BCUT2D eigenvalue weighted by Crippen LogP contribution is 2.39. The highest BCUT2D eigenvalue weighted by molar-refractivity contribution is 6.45. The van der Waals surface area contributed by atoms with E-state index in [1.807, 2.05) is 64.1 Å². The molecular weight excluding hydrogens is 388 g/mol.